The predicted molar refractivity (Wildman–Crippen MR) is 107 cm³/mol. The van der Waals surface area contributed by atoms with Gasteiger partial charge in [0, 0.05) is 38.3 Å². The second kappa shape index (κ2) is 9.88. The summed E-state index contributed by atoms with van der Waals surface area (Å²) in [6, 6.07) is 7.51. The third-order valence-electron chi connectivity index (χ3n) is 5.87. The van der Waals surface area contributed by atoms with Crippen LogP contribution in [-0.2, 0) is 0 Å². The number of rotatable bonds is 6. The van der Waals surface area contributed by atoms with Crippen molar-refractivity contribution in [3.05, 3.63) is 48.3 Å². The van der Waals surface area contributed by atoms with Crippen molar-refractivity contribution in [1.29, 1.82) is 0 Å². The lowest BCUT2D eigenvalue weighted by Gasteiger charge is -2.40. The molecule has 1 heterocycles. The van der Waals surface area contributed by atoms with Crippen molar-refractivity contribution in [1.82, 2.24) is 15.1 Å². The fourth-order valence-corrected chi connectivity index (χ4v) is 4.27. The maximum Gasteiger partial charge on any atom is 0.317 e. The van der Waals surface area contributed by atoms with Gasteiger partial charge < -0.3 is 10.2 Å². The molecule has 2 amide bonds. The summed E-state index contributed by atoms with van der Waals surface area (Å²) >= 11 is 0. The van der Waals surface area contributed by atoms with E-state index in [9.17, 15) is 9.18 Å². The number of hydrogen-bond acceptors (Lipinski definition) is 2. The van der Waals surface area contributed by atoms with Crippen LogP contribution in [-0.4, -0.2) is 48.1 Å². The van der Waals surface area contributed by atoms with E-state index < -0.39 is 0 Å². The van der Waals surface area contributed by atoms with Gasteiger partial charge in [0.1, 0.15) is 5.82 Å². The van der Waals surface area contributed by atoms with E-state index >= 15 is 0 Å². The smallest absolute Gasteiger partial charge is 0.317 e. The van der Waals surface area contributed by atoms with Crippen molar-refractivity contribution in [2.75, 3.05) is 26.2 Å². The molecule has 0 aromatic heterocycles. The molecule has 5 heteroatoms. The van der Waals surface area contributed by atoms with Crippen LogP contribution in [0.3, 0.4) is 0 Å². The fourth-order valence-electron chi connectivity index (χ4n) is 4.27. The lowest BCUT2D eigenvalue weighted by atomic mass is 9.96. The predicted octanol–water partition coefficient (Wildman–Crippen LogP) is 4.49. The van der Waals surface area contributed by atoms with E-state index in [4.69, 9.17) is 0 Å². The van der Waals surface area contributed by atoms with Gasteiger partial charge in [0.05, 0.1) is 0 Å². The van der Waals surface area contributed by atoms with Crippen LogP contribution in [0.5, 0.6) is 0 Å². The Labute approximate surface area is 162 Å². The molecule has 1 aromatic carbocycles. The Hall–Kier alpha value is -1.88. The topological polar surface area (TPSA) is 35.6 Å². The molecule has 1 atom stereocenters. The first-order valence-corrected chi connectivity index (χ1v) is 10.3. The van der Waals surface area contributed by atoms with Crippen molar-refractivity contribution in [3.8, 4) is 0 Å². The van der Waals surface area contributed by atoms with E-state index in [0.29, 0.717) is 6.04 Å². The number of nitrogens with zero attached hydrogens (tertiary/aromatic N) is 2. The van der Waals surface area contributed by atoms with Gasteiger partial charge in [0.15, 0.2) is 0 Å². The zero-order valence-electron chi connectivity index (χ0n) is 16.2. The molecule has 3 rings (SSSR count). The van der Waals surface area contributed by atoms with Gasteiger partial charge in [-0.05, 0) is 43.4 Å². The van der Waals surface area contributed by atoms with Crippen molar-refractivity contribution >= 4 is 6.03 Å². The van der Waals surface area contributed by atoms with Gasteiger partial charge in [-0.3, -0.25) is 4.90 Å². The summed E-state index contributed by atoms with van der Waals surface area (Å²) in [5.41, 5.74) is 1.14. The number of benzene rings is 1. The highest BCUT2D eigenvalue weighted by atomic mass is 19.1. The molecule has 148 valence electrons. The number of allylic oxidation sites excluding steroid dienone is 1. The molecule has 1 aromatic rings. The molecule has 0 radical (unpaired) electrons. The molecule has 0 bridgehead atoms. The number of carbonyl (C=O) groups is 1. The first-order valence-electron chi connectivity index (χ1n) is 10.3. The van der Waals surface area contributed by atoms with E-state index in [2.05, 4.69) is 16.8 Å². The molecule has 1 saturated heterocycles. The molecule has 1 unspecified atom stereocenters. The third-order valence-corrected chi connectivity index (χ3v) is 5.87. The van der Waals surface area contributed by atoms with Gasteiger partial charge in [-0.25, -0.2) is 9.18 Å². The van der Waals surface area contributed by atoms with Crippen molar-refractivity contribution in [3.63, 3.8) is 0 Å². The standard InChI is InChI=1S/C22H32FN3O/c1-2-3-9-21(18-10-12-19(23)13-11-18)25-14-16-26(17-15-25)22(27)24-20-7-5-4-6-8-20/h2,10-13,20-21H,1,3-9,14-17H2,(H,24,27). The van der Waals surface area contributed by atoms with Crippen molar-refractivity contribution in [2.45, 2.75) is 57.0 Å². The lowest BCUT2D eigenvalue weighted by molar-refractivity contribution is 0.102. The van der Waals surface area contributed by atoms with Crippen LogP contribution in [0.2, 0.25) is 0 Å². The Kier molecular flexibility index (Phi) is 7.27. The van der Waals surface area contributed by atoms with Gasteiger partial charge in [0.25, 0.3) is 0 Å². The average Bonchev–Trinajstić information content (AvgIpc) is 2.71. The first-order chi connectivity index (χ1) is 13.2. The molecule has 1 aliphatic carbocycles. The minimum absolute atomic E-state index is 0.0889. The summed E-state index contributed by atoms with van der Waals surface area (Å²) in [6.07, 6.45) is 9.78. The Morgan fingerprint density at radius 2 is 1.81 bits per heavy atom. The van der Waals surface area contributed by atoms with Crippen LogP contribution < -0.4 is 5.32 Å². The molecular formula is C22H32FN3O. The third kappa shape index (κ3) is 5.55. The number of hydrogen-bond donors (Lipinski definition) is 1. The highest BCUT2D eigenvalue weighted by Crippen LogP contribution is 2.27. The van der Waals surface area contributed by atoms with Crippen LogP contribution in [0.25, 0.3) is 0 Å². The highest BCUT2D eigenvalue weighted by Gasteiger charge is 2.28. The minimum Gasteiger partial charge on any atom is -0.335 e. The number of nitrogens with one attached hydrogen (secondary N) is 1. The van der Waals surface area contributed by atoms with E-state index in [-0.39, 0.29) is 17.9 Å². The van der Waals surface area contributed by atoms with Crippen molar-refractivity contribution in [2.24, 2.45) is 0 Å². The van der Waals surface area contributed by atoms with Crippen LogP contribution in [0, 0.1) is 5.82 Å². The van der Waals surface area contributed by atoms with Gasteiger partial charge in [-0.15, -0.1) is 6.58 Å². The van der Waals surface area contributed by atoms with E-state index in [1.165, 1.54) is 31.4 Å². The fraction of sp³-hybridized carbons (Fsp3) is 0.591. The SMILES string of the molecule is C=CCCC(c1ccc(F)cc1)N1CCN(C(=O)NC2CCCCC2)CC1. The normalized spacial score (nSPS) is 20.3. The van der Waals surface area contributed by atoms with Gasteiger partial charge in [0.2, 0.25) is 0 Å². The summed E-state index contributed by atoms with van der Waals surface area (Å²) in [6.45, 7) is 7.01. The Morgan fingerprint density at radius 3 is 2.44 bits per heavy atom. The van der Waals surface area contributed by atoms with Crippen molar-refractivity contribution < 1.29 is 9.18 Å². The molecule has 0 spiro atoms. The lowest BCUT2D eigenvalue weighted by Crippen LogP contribution is -2.54. The average molecular weight is 374 g/mol. The maximum absolute atomic E-state index is 13.3. The number of carbonyl (C=O) groups excluding carboxylic acids is 1. The number of halogens is 1. The summed E-state index contributed by atoms with van der Waals surface area (Å²) in [7, 11) is 0. The summed E-state index contributed by atoms with van der Waals surface area (Å²) in [5, 5.41) is 3.22. The molecule has 2 aliphatic rings. The quantitative estimate of drug-likeness (QED) is 0.746. The Bertz CT molecular complexity index is 604. The molecule has 1 aliphatic heterocycles. The van der Waals surface area contributed by atoms with Crippen LogP contribution in [0.1, 0.15) is 56.6 Å². The summed E-state index contributed by atoms with van der Waals surface area (Å²) < 4.78 is 13.3. The van der Waals surface area contributed by atoms with Gasteiger partial charge in [-0.1, -0.05) is 37.5 Å². The summed E-state index contributed by atoms with van der Waals surface area (Å²) in [4.78, 5) is 16.9. The molecule has 1 saturated carbocycles. The van der Waals surface area contributed by atoms with E-state index in [1.807, 2.05) is 23.1 Å². The van der Waals surface area contributed by atoms with Crippen LogP contribution in [0.4, 0.5) is 9.18 Å². The molecule has 27 heavy (non-hydrogen) atoms. The zero-order chi connectivity index (χ0) is 19.1. The first kappa shape index (κ1) is 19.9. The Balaban J connectivity index is 1.55. The highest BCUT2D eigenvalue weighted by molar-refractivity contribution is 5.74. The summed E-state index contributed by atoms with van der Waals surface area (Å²) in [5.74, 6) is -0.203. The maximum atomic E-state index is 13.3. The minimum atomic E-state index is -0.203. The molecule has 4 nitrogen and oxygen atoms in total. The second-order valence-electron chi connectivity index (χ2n) is 7.74. The number of piperazine rings is 1. The Morgan fingerprint density at radius 1 is 1.15 bits per heavy atom. The molecular weight excluding hydrogens is 341 g/mol. The van der Waals surface area contributed by atoms with Crippen LogP contribution in [0.15, 0.2) is 36.9 Å². The molecule has 1 N–H and O–H groups in total. The largest absolute Gasteiger partial charge is 0.335 e. The monoisotopic (exact) mass is 373 g/mol. The van der Waals surface area contributed by atoms with Crippen LogP contribution >= 0.6 is 0 Å². The van der Waals surface area contributed by atoms with E-state index in [0.717, 1.165) is 57.4 Å². The number of urea groups is 1. The number of amides is 2. The second-order valence-corrected chi connectivity index (χ2v) is 7.74. The molecule has 2 fully saturated rings. The van der Waals surface area contributed by atoms with Gasteiger partial charge >= 0.3 is 6.03 Å². The zero-order valence-corrected chi connectivity index (χ0v) is 16.2. The van der Waals surface area contributed by atoms with Gasteiger partial charge in [-0.2, -0.15) is 0 Å². The van der Waals surface area contributed by atoms with E-state index in [1.54, 1.807) is 0 Å².